The van der Waals surface area contributed by atoms with E-state index in [4.69, 9.17) is 0 Å². The van der Waals surface area contributed by atoms with Gasteiger partial charge in [-0.05, 0) is 22.9 Å². The van der Waals surface area contributed by atoms with E-state index in [0.717, 1.165) is 4.57 Å². The third-order valence-corrected chi connectivity index (χ3v) is 3.74. The summed E-state index contributed by atoms with van der Waals surface area (Å²) in [5.74, 6) is 0. The maximum Gasteiger partial charge on any atom is 0.289 e. The van der Waals surface area contributed by atoms with E-state index in [0.29, 0.717) is 6.54 Å². The lowest BCUT2D eigenvalue weighted by atomic mass is 10.2. The van der Waals surface area contributed by atoms with Gasteiger partial charge in [-0.15, -0.1) is 0 Å². The van der Waals surface area contributed by atoms with Gasteiger partial charge in [-0.2, -0.15) is 0 Å². The van der Waals surface area contributed by atoms with Crippen molar-refractivity contribution in [2.75, 3.05) is 6.54 Å². The van der Waals surface area contributed by atoms with Crippen molar-refractivity contribution in [1.82, 2.24) is 9.88 Å². The molecule has 0 radical (unpaired) electrons. The molecule has 20 heavy (non-hydrogen) atoms. The fourth-order valence-electron chi connectivity index (χ4n) is 1.69. The zero-order valence-corrected chi connectivity index (χ0v) is 13.2. The maximum absolute atomic E-state index is 12.0. The highest BCUT2D eigenvalue weighted by Crippen LogP contribution is 2.22. The van der Waals surface area contributed by atoms with Crippen molar-refractivity contribution in [3.05, 3.63) is 36.7 Å². The lowest BCUT2D eigenvalue weighted by Crippen LogP contribution is -2.36. The summed E-state index contributed by atoms with van der Waals surface area (Å²) in [4.78, 5) is 22.4. The first-order valence-electron chi connectivity index (χ1n) is 6.19. The standard InChI is InChI=1S/C12H18BrN3O4/c1-7(2)14-4-9(17)5-15-6-10(16(19)20)8(3)11(13)12(15)18/h6-7,9,14,17H,4-5H2,1-3H3. The van der Waals surface area contributed by atoms with Crippen LogP contribution in [0.1, 0.15) is 19.4 Å². The van der Waals surface area contributed by atoms with Gasteiger partial charge in [0.2, 0.25) is 0 Å². The van der Waals surface area contributed by atoms with Gasteiger partial charge in [0.1, 0.15) is 0 Å². The van der Waals surface area contributed by atoms with Crippen LogP contribution in [0.5, 0.6) is 0 Å². The van der Waals surface area contributed by atoms with Crippen LogP contribution in [0.4, 0.5) is 5.69 Å². The third kappa shape index (κ3) is 4.12. The fourth-order valence-corrected chi connectivity index (χ4v) is 2.12. The Morgan fingerprint density at radius 1 is 1.55 bits per heavy atom. The molecule has 0 bridgehead atoms. The zero-order valence-electron chi connectivity index (χ0n) is 11.6. The summed E-state index contributed by atoms with van der Waals surface area (Å²) in [6.07, 6.45) is 0.366. The van der Waals surface area contributed by atoms with Crippen LogP contribution in [-0.2, 0) is 6.54 Å². The molecule has 0 saturated heterocycles. The summed E-state index contributed by atoms with van der Waals surface area (Å²) in [5.41, 5.74) is -0.261. The minimum Gasteiger partial charge on any atom is -0.390 e. The number of aromatic nitrogens is 1. The molecule has 8 heteroatoms. The largest absolute Gasteiger partial charge is 0.390 e. The number of hydrogen-bond donors (Lipinski definition) is 2. The van der Waals surface area contributed by atoms with E-state index in [1.807, 2.05) is 13.8 Å². The number of nitro groups is 1. The van der Waals surface area contributed by atoms with Crippen molar-refractivity contribution >= 4 is 21.6 Å². The lowest BCUT2D eigenvalue weighted by Gasteiger charge is -2.16. The number of rotatable bonds is 6. The Kier molecular flexibility index (Phi) is 5.85. The first-order chi connectivity index (χ1) is 9.23. The monoisotopic (exact) mass is 347 g/mol. The topological polar surface area (TPSA) is 97.4 Å². The normalized spacial score (nSPS) is 12.7. The van der Waals surface area contributed by atoms with Crippen LogP contribution in [0, 0.1) is 17.0 Å². The van der Waals surface area contributed by atoms with Gasteiger partial charge in [0.15, 0.2) is 0 Å². The Bertz CT molecular complexity index is 556. The van der Waals surface area contributed by atoms with Gasteiger partial charge in [-0.1, -0.05) is 13.8 Å². The Labute approximate surface area is 124 Å². The maximum atomic E-state index is 12.0. The molecule has 0 amide bonds. The fraction of sp³-hybridized carbons (Fsp3) is 0.583. The Balaban J connectivity index is 3.01. The second-order valence-corrected chi connectivity index (χ2v) is 5.68. The molecule has 1 aromatic rings. The molecule has 0 aliphatic rings. The van der Waals surface area contributed by atoms with Crippen LogP contribution in [0.2, 0.25) is 0 Å². The Hall–Kier alpha value is -1.25. The minimum absolute atomic E-state index is 0.00171. The molecule has 1 unspecified atom stereocenters. The molecule has 2 N–H and O–H groups in total. The van der Waals surface area contributed by atoms with Gasteiger partial charge in [0.25, 0.3) is 11.2 Å². The molecule has 7 nitrogen and oxygen atoms in total. The molecule has 0 aliphatic heterocycles. The SMILES string of the molecule is Cc1c([N+](=O)[O-])cn(CC(O)CNC(C)C)c(=O)c1Br. The van der Waals surface area contributed by atoms with Crippen molar-refractivity contribution in [2.45, 2.75) is 39.5 Å². The van der Waals surface area contributed by atoms with E-state index < -0.39 is 16.6 Å². The molecule has 0 fully saturated rings. The van der Waals surface area contributed by atoms with Gasteiger partial charge >= 0.3 is 0 Å². The van der Waals surface area contributed by atoms with Crippen molar-refractivity contribution in [2.24, 2.45) is 0 Å². The summed E-state index contributed by atoms with van der Waals surface area (Å²) < 4.78 is 1.30. The van der Waals surface area contributed by atoms with E-state index in [-0.39, 0.29) is 28.3 Å². The van der Waals surface area contributed by atoms with Gasteiger partial charge in [-0.3, -0.25) is 14.9 Å². The van der Waals surface area contributed by atoms with E-state index in [2.05, 4.69) is 21.2 Å². The van der Waals surface area contributed by atoms with E-state index in [1.165, 1.54) is 13.1 Å². The number of aliphatic hydroxyl groups is 1. The number of aliphatic hydroxyl groups excluding tert-OH is 1. The highest BCUT2D eigenvalue weighted by atomic mass is 79.9. The van der Waals surface area contributed by atoms with Crippen LogP contribution >= 0.6 is 15.9 Å². The molecule has 0 aliphatic carbocycles. The van der Waals surface area contributed by atoms with Gasteiger partial charge in [0.05, 0.1) is 28.2 Å². The smallest absolute Gasteiger partial charge is 0.289 e. The molecule has 0 aromatic carbocycles. The van der Waals surface area contributed by atoms with Crippen LogP contribution in [0.3, 0.4) is 0 Å². The highest BCUT2D eigenvalue weighted by Gasteiger charge is 2.19. The molecule has 1 heterocycles. The number of nitrogens with one attached hydrogen (secondary N) is 1. The molecule has 1 rings (SSSR count). The van der Waals surface area contributed by atoms with Crippen molar-refractivity contribution in [3.63, 3.8) is 0 Å². The molecule has 1 aromatic heterocycles. The summed E-state index contributed by atoms with van der Waals surface area (Å²) in [6.45, 7) is 5.69. The van der Waals surface area contributed by atoms with Crippen LogP contribution < -0.4 is 10.9 Å². The Morgan fingerprint density at radius 3 is 2.65 bits per heavy atom. The van der Waals surface area contributed by atoms with Crippen molar-refractivity contribution < 1.29 is 10.0 Å². The second-order valence-electron chi connectivity index (χ2n) is 4.88. The van der Waals surface area contributed by atoms with E-state index in [1.54, 1.807) is 0 Å². The average molecular weight is 348 g/mol. The molecule has 0 saturated carbocycles. The summed E-state index contributed by atoms with van der Waals surface area (Å²) in [6, 6.07) is 0.209. The van der Waals surface area contributed by atoms with E-state index >= 15 is 0 Å². The molecular formula is C12H18BrN3O4. The van der Waals surface area contributed by atoms with Crippen molar-refractivity contribution in [1.29, 1.82) is 0 Å². The second kappa shape index (κ2) is 6.96. The van der Waals surface area contributed by atoms with Crippen LogP contribution in [0.25, 0.3) is 0 Å². The van der Waals surface area contributed by atoms with Crippen molar-refractivity contribution in [3.8, 4) is 0 Å². The predicted molar refractivity (Wildman–Crippen MR) is 78.9 cm³/mol. The zero-order chi connectivity index (χ0) is 15.4. The molecule has 112 valence electrons. The predicted octanol–water partition coefficient (Wildman–Crippen LogP) is 1.19. The summed E-state index contributed by atoms with van der Waals surface area (Å²) in [5, 5.41) is 23.8. The first kappa shape index (κ1) is 16.8. The molecule has 0 spiro atoms. The molecule has 1 atom stereocenters. The van der Waals surface area contributed by atoms with Crippen LogP contribution in [0.15, 0.2) is 15.5 Å². The number of pyridine rings is 1. The highest BCUT2D eigenvalue weighted by molar-refractivity contribution is 9.10. The first-order valence-corrected chi connectivity index (χ1v) is 6.98. The molecular weight excluding hydrogens is 330 g/mol. The number of halogens is 1. The average Bonchev–Trinajstić information content (AvgIpc) is 2.36. The third-order valence-electron chi connectivity index (χ3n) is 2.81. The summed E-state index contributed by atoms with van der Waals surface area (Å²) in [7, 11) is 0. The Morgan fingerprint density at radius 2 is 2.15 bits per heavy atom. The van der Waals surface area contributed by atoms with Gasteiger partial charge < -0.3 is 15.0 Å². The minimum atomic E-state index is -0.802. The van der Waals surface area contributed by atoms with E-state index in [9.17, 15) is 20.0 Å². The van der Waals surface area contributed by atoms with Crippen LogP contribution in [-0.4, -0.2) is 33.3 Å². The lowest BCUT2D eigenvalue weighted by molar-refractivity contribution is -0.386. The van der Waals surface area contributed by atoms with Gasteiger partial charge in [0, 0.05) is 18.2 Å². The number of hydrogen-bond acceptors (Lipinski definition) is 5. The summed E-state index contributed by atoms with van der Waals surface area (Å²) >= 11 is 3.07. The number of nitrogens with zero attached hydrogens (tertiary/aromatic N) is 2. The van der Waals surface area contributed by atoms with Gasteiger partial charge in [-0.25, -0.2) is 0 Å². The quantitative estimate of drug-likeness (QED) is 0.594.